The second-order valence-corrected chi connectivity index (χ2v) is 11.6. The first-order valence-corrected chi connectivity index (χ1v) is 15.1. The van der Waals surface area contributed by atoms with Gasteiger partial charge in [0.1, 0.15) is 5.75 Å². The molecule has 1 atom stereocenters. The SMILES string of the molecule is Cc1cc(C[C@@H](OC(=O)N2CCC(N3CCc4ccccc4NC3=O)CC2)C(=O)N=C=C=NC2CCCC2)cc(C)c1O. The van der Waals surface area contributed by atoms with Gasteiger partial charge in [-0.15, -0.1) is 0 Å². The fraction of sp³-hybridized carbons (Fsp3) is 0.485. The van der Waals surface area contributed by atoms with Gasteiger partial charge in [-0.2, -0.15) is 4.99 Å². The molecular formula is C33H39N5O5. The van der Waals surface area contributed by atoms with Crippen LogP contribution in [0.2, 0.25) is 0 Å². The van der Waals surface area contributed by atoms with Crippen LogP contribution >= 0.6 is 0 Å². The highest BCUT2D eigenvalue weighted by atomic mass is 16.6. The number of likely N-dealkylation sites (tertiary alicyclic amines) is 1. The van der Waals surface area contributed by atoms with E-state index in [-0.39, 0.29) is 30.3 Å². The second-order valence-electron chi connectivity index (χ2n) is 11.6. The number of nitrogens with one attached hydrogen (secondary N) is 1. The number of hydrogen-bond donors (Lipinski definition) is 2. The number of carbonyl (C=O) groups is 3. The molecule has 0 aromatic heterocycles. The number of hydrogen-bond acceptors (Lipinski definition) is 6. The van der Waals surface area contributed by atoms with Crippen LogP contribution in [0.4, 0.5) is 15.3 Å². The molecule has 10 nitrogen and oxygen atoms in total. The molecule has 1 saturated heterocycles. The molecule has 2 N–H and O–H groups in total. The van der Waals surface area contributed by atoms with E-state index >= 15 is 0 Å². The number of urea groups is 1. The lowest BCUT2D eigenvalue weighted by molar-refractivity contribution is -0.126. The Balaban J connectivity index is 1.23. The highest BCUT2D eigenvalue weighted by Gasteiger charge is 2.33. The molecule has 3 aliphatic rings. The van der Waals surface area contributed by atoms with Gasteiger partial charge >= 0.3 is 12.1 Å². The van der Waals surface area contributed by atoms with E-state index in [9.17, 15) is 19.5 Å². The van der Waals surface area contributed by atoms with Gasteiger partial charge in [-0.3, -0.25) is 4.79 Å². The minimum Gasteiger partial charge on any atom is -0.507 e. The van der Waals surface area contributed by atoms with Crippen molar-refractivity contribution in [1.29, 1.82) is 0 Å². The van der Waals surface area contributed by atoms with Gasteiger partial charge < -0.3 is 25.0 Å². The number of fused-ring (bicyclic) bond motifs is 1. The number of aromatic hydroxyl groups is 1. The molecule has 0 bridgehead atoms. The lowest BCUT2D eigenvalue weighted by Gasteiger charge is -2.37. The van der Waals surface area contributed by atoms with Crippen molar-refractivity contribution in [3.05, 3.63) is 58.7 Å². The lowest BCUT2D eigenvalue weighted by Crippen LogP contribution is -2.50. The molecule has 1 saturated carbocycles. The molecule has 2 fully saturated rings. The van der Waals surface area contributed by atoms with Crippen LogP contribution in [0.3, 0.4) is 0 Å². The summed E-state index contributed by atoms with van der Waals surface area (Å²) in [7, 11) is 0. The normalized spacial score (nSPS) is 18.0. The van der Waals surface area contributed by atoms with Crippen LogP contribution in [0, 0.1) is 13.8 Å². The summed E-state index contributed by atoms with van der Waals surface area (Å²) < 4.78 is 5.75. The first kappa shape index (κ1) is 30.1. The highest BCUT2D eigenvalue weighted by Crippen LogP contribution is 2.26. The molecule has 1 aliphatic carbocycles. The number of para-hydroxylation sites is 1. The highest BCUT2D eigenvalue weighted by molar-refractivity contribution is 5.97. The number of rotatable bonds is 6. The predicted molar refractivity (Wildman–Crippen MR) is 164 cm³/mol. The molecule has 2 aliphatic heterocycles. The largest absolute Gasteiger partial charge is 0.507 e. The van der Waals surface area contributed by atoms with Gasteiger partial charge in [0, 0.05) is 37.8 Å². The van der Waals surface area contributed by atoms with Gasteiger partial charge in [-0.1, -0.05) is 43.2 Å². The summed E-state index contributed by atoms with van der Waals surface area (Å²) in [5, 5.41) is 13.2. The minimum atomic E-state index is -1.18. The Bertz CT molecular complexity index is 1440. The van der Waals surface area contributed by atoms with Gasteiger partial charge in [-0.05, 0) is 74.3 Å². The van der Waals surface area contributed by atoms with E-state index < -0.39 is 18.1 Å². The molecule has 43 heavy (non-hydrogen) atoms. The molecule has 0 unspecified atom stereocenters. The number of piperidine rings is 1. The number of aryl methyl sites for hydroxylation is 2. The van der Waals surface area contributed by atoms with E-state index in [1.807, 2.05) is 29.2 Å². The van der Waals surface area contributed by atoms with E-state index in [0.29, 0.717) is 43.6 Å². The summed E-state index contributed by atoms with van der Waals surface area (Å²) in [6.45, 7) is 4.96. The third-order valence-electron chi connectivity index (χ3n) is 8.58. The van der Waals surface area contributed by atoms with Gasteiger partial charge in [0.05, 0.1) is 17.8 Å². The number of aliphatic imine (C=N–C) groups is 2. The molecule has 2 aromatic carbocycles. The summed E-state index contributed by atoms with van der Waals surface area (Å²) in [4.78, 5) is 50.9. The maximum atomic E-state index is 13.3. The molecule has 0 radical (unpaired) electrons. The van der Waals surface area contributed by atoms with Crippen molar-refractivity contribution in [3.8, 4) is 5.75 Å². The van der Waals surface area contributed by atoms with Gasteiger partial charge in [0.25, 0.3) is 5.91 Å². The fourth-order valence-electron chi connectivity index (χ4n) is 6.16. The Morgan fingerprint density at radius 3 is 2.47 bits per heavy atom. The third kappa shape index (κ3) is 7.53. The number of amides is 4. The molecule has 2 aromatic rings. The molecule has 10 heteroatoms. The van der Waals surface area contributed by atoms with Crippen molar-refractivity contribution >= 4 is 35.5 Å². The van der Waals surface area contributed by atoms with E-state index in [0.717, 1.165) is 48.9 Å². The molecule has 226 valence electrons. The molecule has 2 heterocycles. The van der Waals surface area contributed by atoms with E-state index in [2.05, 4.69) is 27.0 Å². The van der Waals surface area contributed by atoms with Crippen LogP contribution in [0.5, 0.6) is 5.75 Å². The first-order chi connectivity index (χ1) is 20.8. The van der Waals surface area contributed by atoms with Crippen molar-refractivity contribution in [1.82, 2.24) is 9.80 Å². The van der Waals surface area contributed by atoms with E-state index in [1.165, 1.54) is 0 Å². The number of ether oxygens (including phenoxy) is 1. The van der Waals surface area contributed by atoms with E-state index in [1.54, 1.807) is 30.9 Å². The van der Waals surface area contributed by atoms with Crippen molar-refractivity contribution in [2.24, 2.45) is 9.98 Å². The van der Waals surface area contributed by atoms with Crippen LogP contribution in [0.25, 0.3) is 0 Å². The zero-order chi connectivity index (χ0) is 30.3. The zero-order valence-electron chi connectivity index (χ0n) is 24.8. The predicted octanol–water partition coefficient (Wildman–Crippen LogP) is 4.98. The summed E-state index contributed by atoms with van der Waals surface area (Å²) in [5.41, 5.74) is 4.03. The molecule has 0 spiro atoms. The number of phenolic OH excluding ortho intramolecular Hbond substituents is 1. The van der Waals surface area contributed by atoms with Crippen molar-refractivity contribution in [2.75, 3.05) is 25.0 Å². The van der Waals surface area contributed by atoms with Gasteiger partial charge in [0.15, 0.2) is 6.10 Å². The number of carbonyl (C=O) groups excluding carboxylic acids is 3. The summed E-state index contributed by atoms with van der Waals surface area (Å²) in [5.74, 6) is 4.67. The minimum absolute atomic E-state index is 0.00682. The van der Waals surface area contributed by atoms with Crippen LogP contribution in [0.15, 0.2) is 46.4 Å². The summed E-state index contributed by atoms with van der Waals surface area (Å²) in [6, 6.07) is 11.4. The Kier molecular flexibility index (Phi) is 9.60. The summed E-state index contributed by atoms with van der Waals surface area (Å²) in [6.07, 6.45) is 4.54. The average Bonchev–Trinajstić information content (AvgIpc) is 3.46. The standard InChI is InChI=1S/C33H39N5O5/c1-22-19-24(20-23(2)30(22)39)21-29(31(40)35-15-14-34-26-8-4-5-9-26)43-33(42)37-16-12-27(13-17-37)38-18-11-25-7-3-6-10-28(25)36-32(38)41/h3,6-7,10,19-20,26-27,29,39H,4-5,8-9,11-13,16-18,21H2,1-2H3,(H,36,41)/t29-/m1/s1. The first-order valence-electron chi connectivity index (χ1n) is 15.1. The second kappa shape index (κ2) is 13.7. The monoisotopic (exact) mass is 585 g/mol. The zero-order valence-corrected chi connectivity index (χ0v) is 24.8. The number of phenols is 1. The van der Waals surface area contributed by atoms with Crippen LogP contribution in [0.1, 0.15) is 60.8 Å². The van der Waals surface area contributed by atoms with Crippen molar-refractivity contribution in [3.63, 3.8) is 0 Å². The third-order valence-corrected chi connectivity index (χ3v) is 8.58. The Morgan fingerprint density at radius 1 is 1.05 bits per heavy atom. The van der Waals surface area contributed by atoms with Gasteiger partial charge in [-0.25, -0.2) is 14.6 Å². The smallest absolute Gasteiger partial charge is 0.410 e. The molecular weight excluding hydrogens is 546 g/mol. The van der Waals surface area contributed by atoms with Crippen LogP contribution < -0.4 is 5.32 Å². The van der Waals surface area contributed by atoms with Crippen molar-refractivity contribution < 1.29 is 24.2 Å². The summed E-state index contributed by atoms with van der Waals surface area (Å²) >= 11 is 0. The average molecular weight is 586 g/mol. The number of benzene rings is 2. The van der Waals surface area contributed by atoms with E-state index in [4.69, 9.17) is 4.74 Å². The van der Waals surface area contributed by atoms with Crippen LogP contribution in [-0.2, 0) is 22.4 Å². The molecule has 5 rings (SSSR count). The Morgan fingerprint density at radius 2 is 1.74 bits per heavy atom. The fourth-order valence-corrected chi connectivity index (χ4v) is 6.16. The maximum absolute atomic E-state index is 13.3. The Labute approximate surface area is 252 Å². The topological polar surface area (TPSA) is 124 Å². The van der Waals surface area contributed by atoms with Crippen molar-refractivity contribution in [2.45, 2.75) is 83.4 Å². The Hall–Kier alpha value is -4.39. The quantitative estimate of drug-likeness (QED) is 0.463. The number of nitrogens with zero attached hydrogens (tertiary/aromatic N) is 4. The number of anilines is 1. The maximum Gasteiger partial charge on any atom is 0.410 e. The lowest BCUT2D eigenvalue weighted by atomic mass is 10.0. The van der Waals surface area contributed by atoms with Crippen LogP contribution in [-0.4, -0.2) is 82.5 Å². The molecule has 4 amide bonds. The van der Waals surface area contributed by atoms with Gasteiger partial charge in [0.2, 0.25) is 0 Å².